The number of aromatic carboxylic acids is 1. The van der Waals surface area contributed by atoms with Crippen LogP contribution in [0.3, 0.4) is 0 Å². The number of Topliss-reactive ketones (excluding diaryl/α,β-unsaturated/α-hetero) is 2. The van der Waals surface area contributed by atoms with Crippen molar-refractivity contribution in [3.8, 4) is 11.5 Å². The summed E-state index contributed by atoms with van der Waals surface area (Å²) in [5.74, 6) is -1.75. The average Bonchev–Trinajstić information content (AvgIpc) is 2.93. The highest BCUT2D eigenvalue weighted by atomic mass is 127. The van der Waals surface area contributed by atoms with Crippen LogP contribution in [0.1, 0.15) is 72.9 Å². The molecule has 41 heavy (non-hydrogen) atoms. The van der Waals surface area contributed by atoms with E-state index in [9.17, 15) is 24.3 Å². The Morgan fingerprint density at radius 1 is 0.927 bits per heavy atom. The van der Waals surface area contributed by atoms with E-state index in [1.807, 2.05) is 19.1 Å². The van der Waals surface area contributed by atoms with E-state index in [4.69, 9.17) is 14.6 Å². The molecule has 0 aromatic heterocycles. The van der Waals surface area contributed by atoms with Gasteiger partial charge in [0.2, 0.25) is 0 Å². The highest BCUT2D eigenvalue weighted by molar-refractivity contribution is 14.1. The monoisotopic (exact) mass is 671 g/mol. The lowest BCUT2D eigenvalue weighted by atomic mass is 9.71. The number of carboxylic acids is 2. The average molecular weight is 671 g/mol. The largest absolute Gasteiger partial charge is 0.490 e. The highest BCUT2D eigenvalue weighted by Gasteiger charge is 2.44. The van der Waals surface area contributed by atoms with Crippen LogP contribution < -0.4 is 9.47 Å². The fourth-order valence-electron chi connectivity index (χ4n) is 5.93. The summed E-state index contributed by atoms with van der Waals surface area (Å²) < 4.78 is 12.9. The van der Waals surface area contributed by atoms with E-state index in [2.05, 4.69) is 22.6 Å². The smallest absolute Gasteiger partial charge is 0.335 e. The minimum absolute atomic E-state index is 0.0605. The molecule has 0 bridgehead atoms. The predicted octanol–water partition coefficient (Wildman–Crippen LogP) is 5.47. The Morgan fingerprint density at radius 2 is 1.54 bits per heavy atom. The van der Waals surface area contributed by atoms with Crippen molar-refractivity contribution in [1.29, 1.82) is 0 Å². The zero-order valence-corrected chi connectivity index (χ0v) is 24.7. The number of carboxylic acid groups (broad SMARTS) is 2. The van der Waals surface area contributed by atoms with Gasteiger partial charge in [-0.05, 0) is 90.6 Å². The quantitative estimate of drug-likeness (QED) is 0.334. The molecule has 2 aliphatic carbocycles. The van der Waals surface area contributed by atoms with Gasteiger partial charge in [-0.2, -0.15) is 0 Å². The molecule has 1 aliphatic heterocycles. The first-order valence-electron chi connectivity index (χ1n) is 13.6. The van der Waals surface area contributed by atoms with Gasteiger partial charge in [-0.1, -0.05) is 12.1 Å². The molecule has 3 aliphatic rings. The maximum atomic E-state index is 13.5. The van der Waals surface area contributed by atoms with E-state index >= 15 is 0 Å². The molecular weight excluding hydrogens is 641 g/mol. The second-order valence-corrected chi connectivity index (χ2v) is 11.4. The molecule has 0 fully saturated rings. The van der Waals surface area contributed by atoms with E-state index in [1.165, 1.54) is 12.1 Å². The first kappa shape index (κ1) is 28.8. The lowest BCUT2D eigenvalue weighted by molar-refractivity contribution is -0.138. The fourth-order valence-corrected chi connectivity index (χ4v) is 6.71. The number of hydrogen-bond donors (Lipinski definition) is 2. The second-order valence-electron chi connectivity index (χ2n) is 10.2. The van der Waals surface area contributed by atoms with Crippen molar-refractivity contribution in [2.75, 3.05) is 13.2 Å². The molecule has 10 heteroatoms. The van der Waals surface area contributed by atoms with Gasteiger partial charge in [0.25, 0.3) is 0 Å². The van der Waals surface area contributed by atoms with Gasteiger partial charge in [-0.15, -0.1) is 0 Å². The fraction of sp³-hybridized carbons (Fsp3) is 0.355. The van der Waals surface area contributed by atoms with Gasteiger partial charge in [-0.3, -0.25) is 14.4 Å². The van der Waals surface area contributed by atoms with Crippen LogP contribution in [0.5, 0.6) is 11.5 Å². The Hall–Kier alpha value is -3.67. The third-order valence-corrected chi connectivity index (χ3v) is 8.43. The minimum Gasteiger partial charge on any atom is -0.490 e. The number of rotatable bonds is 9. The number of aliphatic carboxylic acids is 1. The normalized spacial score (nSPS) is 17.4. The van der Waals surface area contributed by atoms with E-state index in [0.29, 0.717) is 79.2 Å². The van der Waals surface area contributed by atoms with Crippen LogP contribution in [0.15, 0.2) is 58.9 Å². The van der Waals surface area contributed by atoms with Crippen molar-refractivity contribution in [3.63, 3.8) is 0 Å². The first-order chi connectivity index (χ1) is 19.7. The molecule has 214 valence electrons. The molecule has 1 heterocycles. The maximum absolute atomic E-state index is 13.5. The summed E-state index contributed by atoms with van der Waals surface area (Å²) >= 11 is 2.16. The van der Waals surface area contributed by atoms with E-state index < -0.39 is 17.9 Å². The number of nitrogens with zero attached hydrogens (tertiary/aromatic N) is 1. The van der Waals surface area contributed by atoms with Gasteiger partial charge < -0.3 is 24.6 Å². The number of halogens is 1. The van der Waals surface area contributed by atoms with Crippen molar-refractivity contribution in [2.45, 2.75) is 58.0 Å². The Balaban J connectivity index is 1.58. The molecule has 2 N–H and O–H groups in total. The van der Waals surface area contributed by atoms with Crippen LogP contribution in [-0.4, -0.2) is 51.8 Å². The van der Waals surface area contributed by atoms with Crippen LogP contribution in [0.2, 0.25) is 0 Å². The van der Waals surface area contributed by atoms with Crippen LogP contribution in [0.4, 0.5) is 0 Å². The molecular formula is C31H30INO8. The molecule has 2 aromatic rings. The van der Waals surface area contributed by atoms with Gasteiger partial charge >= 0.3 is 11.9 Å². The molecule has 0 amide bonds. The van der Waals surface area contributed by atoms with Crippen molar-refractivity contribution in [1.82, 2.24) is 4.90 Å². The molecule has 0 spiro atoms. The van der Waals surface area contributed by atoms with Gasteiger partial charge in [0.05, 0.1) is 15.7 Å². The van der Waals surface area contributed by atoms with Gasteiger partial charge in [0.1, 0.15) is 13.2 Å². The third-order valence-electron chi connectivity index (χ3n) is 7.63. The number of hydrogen-bond acceptors (Lipinski definition) is 7. The molecule has 0 radical (unpaired) electrons. The third kappa shape index (κ3) is 5.74. The SMILES string of the molecule is CCOc1cc(C2C3=C(CCCC3=O)N(CC(=O)O)C3=C2C(=O)CCC3)cc(I)c1OCc1ccc(C(=O)O)cc1. The summed E-state index contributed by atoms with van der Waals surface area (Å²) in [6.45, 7) is 2.12. The Labute approximate surface area is 251 Å². The van der Waals surface area contributed by atoms with Gasteiger partial charge in [0, 0.05) is 41.3 Å². The number of allylic oxidation sites excluding steroid dienone is 4. The second kappa shape index (κ2) is 12.1. The maximum Gasteiger partial charge on any atom is 0.335 e. The molecule has 2 aromatic carbocycles. The molecule has 0 saturated carbocycles. The van der Waals surface area contributed by atoms with Crippen LogP contribution >= 0.6 is 22.6 Å². The molecule has 9 nitrogen and oxygen atoms in total. The Bertz CT molecular complexity index is 1450. The summed E-state index contributed by atoms with van der Waals surface area (Å²) in [7, 11) is 0. The van der Waals surface area contributed by atoms with Crippen LogP contribution in [0, 0.1) is 3.57 Å². The summed E-state index contributed by atoms with van der Waals surface area (Å²) in [6.07, 6.45) is 3.13. The van der Waals surface area contributed by atoms with Gasteiger partial charge in [0.15, 0.2) is 23.1 Å². The van der Waals surface area contributed by atoms with Crippen LogP contribution in [-0.2, 0) is 21.0 Å². The van der Waals surface area contributed by atoms with Crippen molar-refractivity contribution in [3.05, 3.63) is 79.2 Å². The highest BCUT2D eigenvalue weighted by Crippen LogP contribution is 2.50. The number of carbonyl (C=O) groups excluding carboxylic acids is 2. The summed E-state index contributed by atoms with van der Waals surface area (Å²) in [4.78, 5) is 51.6. The number of benzene rings is 2. The zero-order chi connectivity index (χ0) is 29.3. The Morgan fingerprint density at radius 3 is 2.07 bits per heavy atom. The predicted molar refractivity (Wildman–Crippen MR) is 157 cm³/mol. The zero-order valence-electron chi connectivity index (χ0n) is 22.6. The standard InChI is InChI=1S/C31H30INO8/c1-2-40-25-14-19(13-20(32)30(25)41-16-17-9-11-18(12-10-17)31(38)39)27-28-21(5-3-7-23(28)34)33(15-26(36)37)22-6-4-8-24(35)29(22)27/h9-14,27H,2-8,15-16H2,1H3,(H,36,37)(H,38,39). The molecule has 0 saturated heterocycles. The number of carbonyl (C=O) groups is 4. The van der Waals surface area contributed by atoms with E-state index in [1.54, 1.807) is 17.0 Å². The number of ether oxygens (including phenoxy) is 2. The molecule has 0 unspecified atom stereocenters. The van der Waals surface area contributed by atoms with E-state index in [0.717, 1.165) is 14.7 Å². The topological polar surface area (TPSA) is 130 Å². The molecule has 0 atom stereocenters. The lowest BCUT2D eigenvalue weighted by Gasteiger charge is -2.43. The van der Waals surface area contributed by atoms with Crippen LogP contribution in [0.25, 0.3) is 0 Å². The Kier molecular flexibility index (Phi) is 8.48. The first-order valence-corrected chi connectivity index (χ1v) is 14.7. The lowest BCUT2D eigenvalue weighted by Crippen LogP contribution is -2.41. The molecule has 5 rings (SSSR count). The summed E-state index contributed by atoms with van der Waals surface area (Å²) in [5, 5.41) is 18.8. The summed E-state index contributed by atoms with van der Waals surface area (Å²) in [5.41, 5.74) is 4.15. The number of ketones is 2. The van der Waals surface area contributed by atoms with Crippen molar-refractivity contribution >= 4 is 46.1 Å². The summed E-state index contributed by atoms with van der Waals surface area (Å²) in [6, 6.07) is 10.2. The van der Waals surface area contributed by atoms with Gasteiger partial charge in [-0.25, -0.2) is 4.79 Å². The van der Waals surface area contributed by atoms with Crippen molar-refractivity contribution in [2.24, 2.45) is 0 Å². The minimum atomic E-state index is -1.01. The van der Waals surface area contributed by atoms with E-state index in [-0.39, 0.29) is 30.3 Å². The van der Waals surface area contributed by atoms with Crippen molar-refractivity contribution < 1.29 is 38.9 Å².